The summed E-state index contributed by atoms with van der Waals surface area (Å²) in [6.07, 6.45) is 1.65. The number of benzene rings is 1. The minimum atomic E-state index is -0.729. The molecule has 114 valence electrons. The van der Waals surface area contributed by atoms with E-state index >= 15 is 0 Å². The Morgan fingerprint density at radius 3 is 2.57 bits per heavy atom. The second kappa shape index (κ2) is 6.80. The molecule has 0 unspecified atom stereocenters. The lowest BCUT2D eigenvalue weighted by molar-refractivity contribution is -0.143. The molecule has 1 aromatic rings. The molecular formula is C16H20FNO3. The largest absolute Gasteiger partial charge is 0.481 e. The van der Waals surface area contributed by atoms with Crippen LogP contribution in [0.4, 0.5) is 4.39 Å². The number of rotatable bonds is 5. The lowest BCUT2D eigenvalue weighted by atomic mass is 9.96. The number of halogens is 1. The van der Waals surface area contributed by atoms with Crippen molar-refractivity contribution < 1.29 is 19.1 Å². The maximum absolute atomic E-state index is 13.2. The zero-order valence-corrected chi connectivity index (χ0v) is 12.1. The van der Waals surface area contributed by atoms with Crippen LogP contribution in [-0.4, -0.2) is 41.4 Å². The van der Waals surface area contributed by atoms with Gasteiger partial charge in [-0.3, -0.25) is 9.59 Å². The summed E-state index contributed by atoms with van der Waals surface area (Å²) >= 11 is 0. The second-order valence-electron chi connectivity index (χ2n) is 5.59. The first-order valence-corrected chi connectivity index (χ1v) is 7.22. The number of likely N-dealkylation sites (tertiary alicyclic amines) is 1. The number of ketones is 1. The van der Waals surface area contributed by atoms with Crippen molar-refractivity contribution in [2.24, 2.45) is 5.92 Å². The van der Waals surface area contributed by atoms with E-state index < -0.39 is 5.97 Å². The first kappa shape index (κ1) is 15.6. The van der Waals surface area contributed by atoms with Crippen LogP contribution in [0.15, 0.2) is 18.2 Å². The van der Waals surface area contributed by atoms with Crippen LogP contribution in [0.1, 0.15) is 35.2 Å². The van der Waals surface area contributed by atoms with Crippen LogP contribution in [0.2, 0.25) is 0 Å². The van der Waals surface area contributed by atoms with E-state index in [0.717, 1.165) is 0 Å². The lowest BCUT2D eigenvalue weighted by Crippen LogP contribution is -2.37. The lowest BCUT2D eigenvalue weighted by Gasteiger charge is -2.29. The fraction of sp³-hybridized carbons (Fsp3) is 0.500. The highest BCUT2D eigenvalue weighted by molar-refractivity contribution is 5.96. The van der Waals surface area contributed by atoms with Gasteiger partial charge in [-0.05, 0) is 56.6 Å². The Morgan fingerprint density at radius 1 is 1.33 bits per heavy atom. The number of aliphatic carboxylic acids is 1. The van der Waals surface area contributed by atoms with Crippen LogP contribution in [0.25, 0.3) is 0 Å². The van der Waals surface area contributed by atoms with E-state index in [1.165, 1.54) is 12.1 Å². The van der Waals surface area contributed by atoms with Crippen molar-refractivity contribution >= 4 is 11.8 Å². The second-order valence-corrected chi connectivity index (χ2v) is 5.59. The maximum atomic E-state index is 13.2. The Balaban J connectivity index is 1.82. The van der Waals surface area contributed by atoms with Gasteiger partial charge in [0.25, 0.3) is 0 Å². The monoisotopic (exact) mass is 293 g/mol. The number of carboxylic acid groups (broad SMARTS) is 1. The summed E-state index contributed by atoms with van der Waals surface area (Å²) in [4.78, 5) is 25.1. The zero-order valence-electron chi connectivity index (χ0n) is 12.1. The normalized spacial score (nSPS) is 16.9. The van der Waals surface area contributed by atoms with Crippen LogP contribution in [-0.2, 0) is 4.79 Å². The average Bonchev–Trinajstić information content (AvgIpc) is 2.48. The van der Waals surface area contributed by atoms with Crippen molar-refractivity contribution in [2.45, 2.75) is 26.2 Å². The molecule has 1 N–H and O–H groups in total. The summed E-state index contributed by atoms with van der Waals surface area (Å²) in [5, 5.41) is 8.94. The van der Waals surface area contributed by atoms with E-state index in [4.69, 9.17) is 5.11 Å². The van der Waals surface area contributed by atoms with Gasteiger partial charge in [0.1, 0.15) is 5.82 Å². The number of Topliss-reactive ketones (excluding diaryl/α,β-unsaturated/α-hetero) is 1. The molecule has 1 fully saturated rings. The van der Waals surface area contributed by atoms with Crippen LogP contribution in [0, 0.1) is 18.7 Å². The summed E-state index contributed by atoms with van der Waals surface area (Å²) in [6.45, 7) is 3.70. The summed E-state index contributed by atoms with van der Waals surface area (Å²) in [6, 6.07) is 4.41. The quantitative estimate of drug-likeness (QED) is 0.847. The van der Waals surface area contributed by atoms with Crippen LogP contribution in [0.5, 0.6) is 0 Å². The highest BCUT2D eigenvalue weighted by Crippen LogP contribution is 2.18. The highest BCUT2D eigenvalue weighted by atomic mass is 19.1. The number of nitrogens with zero attached hydrogens (tertiary/aromatic N) is 1. The van der Waals surface area contributed by atoms with Crippen molar-refractivity contribution in [1.29, 1.82) is 0 Å². The molecule has 1 saturated heterocycles. The third kappa shape index (κ3) is 4.11. The minimum Gasteiger partial charge on any atom is -0.481 e. The van der Waals surface area contributed by atoms with E-state index in [9.17, 15) is 14.0 Å². The number of hydrogen-bond donors (Lipinski definition) is 1. The number of aryl methyl sites for hydroxylation is 1. The topological polar surface area (TPSA) is 57.6 Å². The van der Waals surface area contributed by atoms with Gasteiger partial charge in [-0.15, -0.1) is 0 Å². The first-order chi connectivity index (χ1) is 9.97. The van der Waals surface area contributed by atoms with E-state index in [1.54, 1.807) is 13.0 Å². The molecule has 0 saturated carbocycles. The van der Waals surface area contributed by atoms with Crippen molar-refractivity contribution in [3.05, 3.63) is 35.1 Å². The third-order valence-electron chi connectivity index (χ3n) is 4.07. The molecule has 5 heteroatoms. The van der Waals surface area contributed by atoms with Gasteiger partial charge in [-0.1, -0.05) is 0 Å². The average molecular weight is 293 g/mol. The molecule has 1 heterocycles. The molecule has 0 atom stereocenters. The fourth-order valence-corrected chi connectivity index (χ4v) is 2.63. The predicted molar refractivity (Wildman–Crippen MR) is 76.9 cm³/mol. The maximum Gasteiger partial charge on any atom is 0.306 e. The molecule has 1 aliphatic rings. The molecule has 0 spiro atoms. The fourth-order valence-electron chi connectivity index (χ4n) is 2.63. The molecule has 0 amide bonds. The molecule has 4 nitrogen and oxygen atoms in total. The summed E-state index contributed by atoms with van der Waals surface area (Å²) in [5.41, 5.74) is 1.01. The highest BCUT2D eigenvalue weighted by Gasteiger charge is 2.24. The number of piperidine rings is 1. The van der Waals surface area contributed by atoms with Gasteiger partial charge in [0.05, 0.1) is 5.92 Å². The molecule has 0 radical (unpaired) electrons. The van der Waals surface area contributed by atoms with E-state index in [-0.39, 0.29) is 17.5 Å². The van der Waals surface area contributed by atoms with Gasteiger partial charge in [0.2, 0.25) is 0 Å². The Bertz CT molecular complexity index is 536. The molecule has 0 aromatic heterocycles. The Hall–Kier alpha value is -1.75. The van der Waals surface area contributed by atoms with Gasteiger partial charge in [0.15, 0.2) is 5.78 Å². The summed E-state index contributed by atoms with van der Waals surface area (Å²) in [5.74, 6) is -1.29. The van der Waals surface area contributed by atoms with E-state index in [1.807, 2.05) is 0 Å². The number of carbonyl (C=O) groups excluding carboxylic acids is 1. The van der Waals surface area contributed by atoms with Gasteiger partial charge in [-0.2, -0.15) is 0 Å². The molecule has 0 bridgehead atoms. The third-order valence-corrected chi connectivity index (χ3v) is 4.07. The van der Waals surface area contributed by atoms with Crippen molar-refractivity contribution in [1.82, 2.24) is 4.90 Å². The van der Waals surface area contributed by atoms with Crippen LogP contribution in [0.3, 0.4) is 0 Å². The number of carbonyl (C=O) groups is 2. The molecule has 1 aromatic carbocycles. The SMILES string of the molecule is Cc1cc(C(=O)CCN2CCC(C(=O)O)CC2)ccc1F. The zero-order chi connectivity index (χ0) is 15.4. The summed E-state index contributed by atoms with van der Waals surface area (Å²) < 4.78 is 13.2. The standard InChI is InChI=1S/C16H20FNO3/c1-11-10-13(2-3-14(11)17)15(19)6-9-18-7-4-12(5-8-18)16(20)21/h2-3,10,12H,4-9H2,1H3,(H,20,21). The van der Waals surface area contributed by atoms with E-state index in [0.29, 0.717) is 50.0 Å². The molecular weight excluding hydrogens is 273 g/mol. The van der Waals surface area contributed by atoms with Crippen molar-refractivity contribution in [2.75, 3.05) is 19.6 Å². The molecule has 1 aliphatic heterocycles. The number of hydrogen-bond acceptors (Lipinski definition) is 3. The first-order valence-electron chi connectivity index (χ1n) is 7.22. The van der Waals surface area contributed by atoms with Gasteiger partial charge in [-0.25, -0.2) is 4.39 Å². The van der Waals surface area contributed by atoms with Crippen molar-refractivity contribution in [3.8, 4) is 0 Å². The van der Waals surface area contributed by atoms with Crippen LogP contribution < -0.4 is 0 Å². The summed E-state index contributed by atoms with van der Waals surface area (Å²) in [7, 11) is 0. The number of carboxylic acids is 1. The van der Waals surface area contributed by atoms with Gasteiger partial charge >= 0.3 is 5.97 Å². The van der Waals surface area contributed by atoms with Gasteiger partial charge < -0.3 is 10.0 Å². The van der Waals surface area contributed by atoms with Gasteiger partial charge in [0, 0.05) is 18.5 Å². The molecule has 0 aliphatic carbocycles. The molecule has 21 heavy (non-hydrogen) atoms. The Kier molecular flexibility index (Phi) is 5.07. The Labute approximate surface area is 123 Å². The van der Waals surface area contributed by atoms with E-state index in [2.05, 4.69) is 4.90 Å². The van der Waals surface area contributed by atoms with Crippen molar-refractivity contribution in [3.63, 3.8) is 0 Å². The predicted octanol–water partition coefficient (Wildman–Crippen LogP) is 2.50. The molecule has 2 rings (SSSR count). The smallest absolute Gasteiger partial charge is 0.306 e. The Morgan fingerprint density at radius 2 is 2.00 bits per heavy atom. The minimum absolute atomic E-state index is 0.00143. The van der Waals surface area contributed by atoms with Crippen LogP contribution >= 0.6 is 0 Å².